The zero-order valence-electron chi connectivity index (χ0n) is 12.0. The number of guanidine groups is 1. The molecule has 4 nitrogen and oxygen atoms in total. The summed E-state index contributed by atoms with van der Waals surface area (Å²) >= 11 is 3.74. The number of nitrogens with zero attached hydrogens (tertiary/aromatic N) is 2. The van der Waals surface area contributed by atoms with Crippen LogP contribution in [0.5, 0.6) is 0 Å². The molecule has 7 heteroatoms. The molecule has 2 rings (SSSR count). The van der Waals surface area contributed by atoms with Crippen LogP contribution in [0.25, 0.3) is 0 Å². The van der Waals surface area contributed by atoms with E-state index in [2.05, 4.69) is 39.3 Å². The van der Waals surface area contributed by atoms with Crippen molar-refractivity contribution in [3.05, 3.63) is 16.1 Å². The Morgan fingerprint density at radius 1 is 1.50 bits per heavy atom. The highest BCUT2D eigenvalue weighted by Crippen LogP contribution is 2.25. The van der Waals surface area contributed by atoms with E-state index in [9.17, 15) is 0 Å². The van der Waals surface area contributed by atoms with Gasteiger partial charge < -0.3 is 10.6 Å². The van der Waals surface area contributed by atoms with Gasteiger partial charge in [0.1, 0.15) is 0 Å². The lowest BCUT2D eigenvalue weighted by molar-refractivity contribution is 0.727. The van der Waals surface area contributed by atoms with E-state index < -0.39 is 0 Å². The summed E-state index contributed by atoms with van der Waals surface area (Å²) in [6.07, 6.45) is 2.68. The van der Waals surface area contributed by atoms with Crippen LogP contribution < -0.4 is 10.6 Å². The molecular formula is C13H23IN4S2. The summed E-state index contributed by atoms with van der Waals surface area (Å²) in [5.41, 5.74) is 2.98. The van der Waals surface area contributed by atoms with Crippen molar-refractivity contribution in [2.24, 2.45) is 4.99 Å². The fourth-order valence-corrected chi connectivity index (χ4v) is 3.89. The molecule has 1 atom stereocenters. The van der Waals surface area contributed by atoms with Gasteiger partial charge in [-0.2, -0.15) is 11.8 Å². The number of aliphatic imine (C=N–C) groups is 1. The van der Waals surface area contributed by atoms with Crippen molar-refractivity contribution in [3.8, 4) is 0 Å². The Labute approximate surface area is 146 Å². The quantitative estimate of drug-likeness (QED) is 0.432. The standard InChI is InChI=1S/C13H22N4S2.HI/c1-3-14-13(15-7-11-5-4-6-18-11)16-8-12-10(2)17-9-19-12;/h9,11H,3-8H2,1-2H3,(H2,14,15,16);1H. The summed E-state index contributed by atoms with van der Waals surface area (Å²) in [5.74, 6) is 2.22. The number of rotatable bonds is 5. The van der Waals surface area contributed by atoms with Crippen LogP contribution >= 0.6 is 47.1 Å². The fourth-order valence-electron chi connectivity index (χ4n) is 1.99. The maximum atomic E-state index is 4.63. The molecular weight excluding hydrogens is 403 g/mol. The number of aryl methyl sites for hydroxylation is 1. The molecule has 0 spiro atoms. The summed E-state index contributed by atoms with van der Waals surface area (Å²) in [5, 5.41) is 7.49. The molecule has 0 aliphatic carbocycles. The Morgan fingerprint density at radius 3 is 2.95 bits per heavy atom. The van der Waals surface area contributed by atoms with Crippen LogP contribution in [0.1, 0.15) is 30.3 Å². The van der Waals surface area contributed by atoms with Crippen molar-refractivity contribution in [2.45, 2.75) is 38.5 Å². The molecule has 0 radical (unpaired) electrons. The number of thioether (sulfide) groups is 1. The maximum absolute atomic E-state index is 4.63. The van der Waals surface area contributed by atoms with Gasteiger partial charge in [-0.05, 0) is 32.4 Å². The van der Waals surface area contributed by atoms with E-state index in [0.29, 0.717) is 6.54 Å². The van der Waals surface area contributed by atoms with Crippen molar-refractivity contribution in [3.63, 3.8) is 0 Å². The van der Waals surface area contributed by atoms with Gasteiger partial charge in [0.15, 0.2) is 5.96 Å². The molecule has 0 bridgehead atoms. The largest absolute Gasteiger partial charge is 0.357 e. The zero-order valence-corrected chi connectivity index (χ0v) is 16.0. The molecule has 1 aliphatic rings. The Balaban J connectivity index is 0.00000200. The van der Waals surface area contributed by atoms with Crippen molar-refractivity contribution < 1.29 is 0 Å². The first-order valence-corrected chi connectivity index (χ1v) is 8.75. The first-order chi connectivity index (χ1) is 9.29. The van der Waals surface area contributed by atoms with Gasteiger partial charge in [0.25, 0.3) is 0 Å². The van der Waals surface area contributed by atoms with Crippen LogP contribution in [0.3, 0.4) is 0 Å². The molecule has 0 amide bonds. The lowest BCUT2D eigenvalue weighted by Gasteiger charge is -2.14. The first kappa shape index (κ1) is 18.0. The molecule has 1 unspecified atom stereocenters. The highest BCUT2D eigenvalue weighted by Gasteiger charge is 2.15. The molecule has 1 aromatic rings. The average Bonchev–Trinajstić information content (AvgIpc) is 3.04. The summed E-state index contributed by atoms with van der Waals surface area (Å²) in [6.45, 7) is 6.75. The number of thiazole rings is 1. The van der Waals surface area contributed by atoms with Crippen LogP contribution in [-0.2, 0) is 6.54 Å². The van der Waals surface area contributed by atoms with Crippen molar-refractivity contribution >= 4 is 53.0 Å². The van der Waals surface area contributed by atoms with Gasteiger partial charge in [-0.15, -0.1) is 35.3 Å². The summed E-state index contributed by atoms with van der Waals surface area (Å²) in [6, 6.07) is 0. The van der Waals surface area contributed by atoms with Gasteiger partial charge >= 0.3 is 0 Å². The smallest absolute Gasteiger partial charge is 0.191 e. The molecule has 2 N–H and O–H groups in total. The topological polar surface area (TPSA) is 49.3 Å². The Hall–Kier alpha value is -0.0200. The van der Waals surface area contributed by atoms with E-state index in [4.69, 9.17) is 0 Å². The molecule has 0 saturated carbocycles. The third-order valence-electron chi connectivity index (χ3n) is 3.09. The predicted octanol–water partition coefficient (Wildman–Crippen LogP) is 3.02. The molecule has 20 heavy (non-hydrogen) atoms. The van der Waals surface area contributed by atoms with Crippen LogP contribution in [0.15, 0.2) is 10.5 Å². The molecule has 114 valence electrons. The summed E-state index contributed by atoms with van der Waals surface area (Å²) in [7, 11) is 0. The number of aromatic nitrogens is 1. The SMILES string of the molecule is CCNC(=NCc1scnc1C)NCC1CCCS1.I. The van der Waals surface area contributed by atoms with Gasteiger partial charge in [0.2, 0.25) is 0 Å². The monoisotopic (exact) mass is 426 g/mol. The Bertz CT molecular complexity index is 416. The number of hydrogen-bond acceptors (Lipinski definition) is 4. The molecule has 1 aliphatic heterocycles. The third-order valence-corrected chi connectivity index (χ3v) is 5.41. The number of halogens is 1. The third kappa shape index (κ3) is 5.77. The summed E-state index contributed by atoms with van der Waals surface area (Å²) < 4.78 is 0. The Morgan fingerprint density at radius 2 is 2.35 bits per heavy atom. The van der Waals surface area contributed by atoms with Crippen molar-refractivity contribution in [1.82, 2.24) is 15.6 Å². The first-order valence-electron chi connectivity index (χ1n) is 6.82. The van der Waals surface area contributed by atoms with E-state index in [1.807, 2.05) is 12.4 Å². The van der Waals surface area contributed by atoms with Crippen molar-refractivity contribution in [2.75, 3.05) is 18.8 Å². The lowest BCUT2D eigenvalue weighted by Crippen LogP contribution is -2.40. The van der Waals surface area contributed by atoms with Crippen LogP contribution in [-0.4, -0.2) is 35.0 Å². The molecule has 2 heterocycles. The molecule has 1 saturated heterocycles. The lowest BCUT2D eigenvalue weighted by atomic mass is 10.2. The van der Waals surface area contributed by atoms with Gasteiger partial charge in [0, 0.05) is 23.2 Å². The van der Waals surface area contributed by atoms with E-state index in [-0.39, 0.29) is 24.0 Å². The van der Waals surface area contributed by atoms with Gasteiger partial charge in [-0.3, -0.25) is 0 Å². The van der Waals surface area contributed by atoms with Gasteiger partial charge in [0.05, 0.1) is 17.7 Å². The second-order valence-electron chi connectivity index (χ2n) is 4.57. The number of hydrogen-bond donors (Lipinski definition) is 2. The van der Waals surface area contributed by atoms with Crippen molar-refractivity contribution in [1.29, 1.82) is 0 Å². The minimum Gasteiger partial charge on any atom is -0.357 e. The minimum absolute atomic E-state index is 0. The minimum atomic E-state index is 0. The Kier molecular flexibility index (Phi) is 8.86. The second-order valence-corrected chi connectivity index (χ2v) is 6.92. The number of nitrogens with one attached hydrogen (secondary N) is 2. The second kappa shape index (κ2) is 9.83. The average molecular weight is 426 g/mol. The predicted molar refractivity (Wildman–Crippen MR) is 101 cm³/mol. The fraction of sp³-hybridized carbons (Fsp3) is 0.692. The van der Waals surface area contributed by atoms with E-state index in [1.165, 1.54) is 23.5 Å². The zero-order chi connectivity index (χ0) is 13.5. The van der Waals surface area contributed by atoms with E-state index in [0.717, 1.165) is 30.0 Å². The highest BCUT2D eigenvalue weighted by atomic mass is 127. The van der Waals surface area contributed by atoms with E-state index >= 15 is 0 Å². The van der Waals surface area contributed by atoms with Crippen LogP contribution in [0, 0.1) is 6.92 Å². The molecule has 1 fully saturated rings. The van der Waals surface area contributed by atoms with Crippen LogP contribution in [0.2, 0.25) is 0 Å². The maximum Gasteiger partial charge on any atom is 0.191 e. The highest BCUT2D eigenvalue weighted by molar-refractivity contribution is 14.0. The summed E-state index contributed by atoms with van der Waals surface area (Å²) in [4.78, 5) is 10.1. The van der Waals surface area contributed by atoms with Gasteiger partial charge in [-0.1, -0.05) is 0 Å². The van der Waals surface area contributed by atoms with Gasteiger partial charge in [-0.25, -0.2) is 9.98 Å². The molecule has 1 aromatic heterocycles. The van der Waals surface area contributed by atoms with E-state index in [1.54, 1.807) is 11.3 Å². The molecule has 0 aromatic carbocycles. The normalized spacial score (nSPS) is 18.7. The van der Waals surface area contributed by atoms with Crippen LogP contribution in [0.4, 0.5) is 0 Å².